The van der Waals surface area contributed by atoms with Crippen LogP contribution in [0.3, 0.4) is 0 Å². The molecule has 0 radical (unpaired) electrons. The van der Waals surface area contributed by atoms with Crippen molar-refractivity contribution in [3.63, 3.8) is 0 Å². The van der Waals surface area contributed by atoms with Gasteiger partial charge in [-0.05, 0) is 35.8 Å². The van der Waals surface area contributed by atoms with Gasteiger partial charge in [-0.1, -0.05) is 102 Å². The van der Waals surface area contributed by atoms with Crippen LogP contribution in [0.5, 0.6) is 0 Å². The van der Waals surface area contributed by atoms with E-state index in [9.17, 15) is 0 Å². The highest BCUT2D eigenvalue weighted by Gasteiger charge is 1.94. The lowest BCUT2D eigenvalue weighted by Gasteiger charge is -2.02. The average molecular weight is 299 g/mol. The fourth-order valence-corrected chi connectivity index (χ4v) is 2.17. The van der Waals surface area contributed by atoms with Gasteiger partial charge in [-0.3, -0.25) is 0 Å². The molecule has 22 heavy (non-hydrogen) atoms. The van der Waals surface area contributed by atoms with Crippen LogP contribution < -0.4 is 0 Å². The van der Waals surface area contributed by atoms with Crippen molar-refractivity contribution in [3.05, 3.63) is 71.8 Å². The Morgan fingerprint density at radius 2 is 0.818 bits per heavy atom. The maximum absolute atomic E-state index is 2.24. The van der Waals surface area contributed by atoms with Gasteiger partial charge in [0, 0.05) is 0 Å². The van der Waals surface area contributed by atoms with Crippen LogP contribution in [0.1, 0.15) is 52.7 Å². The molecular formula is C22H34. The Hall–Kier alpha value is -1.56. The maximum Gasteiger partial charge on any atom is -0.0256 e. The second kappa shape index (κ2) is 13.1. The smallest absolute Gasteiger partial charge is 0.0256 e. The van der Waals surface area contributed by atoms with Crippen molar-refractivity contribution in [1.29, 1.82) is 0 Å². The van der Waals surface area contributed by atoms with Gasteiger partial charge in [-0.15, -0.1) is 0 Å². The summed E-state index contributed by atoms with van der Waals surface area (Å²) >= 11 is 0. The van der Waals surface area contributed by atoms with E-state index in [1.54, 1.807) is 0 Å². The minimum atomic E-state index is 0.766. The minimum absolute atomic E-state index is 0.766. The third-order valence-electron chi connectivity index (χ3n) is 2.97. The molecule has 2 aromatic rings. The van der Waals surface area contributed by atoms with Crippen LogP contribution in [0, 0.1) is 11.8 Å². The summed E-state index contributed by atoms with van der Waals surface area (Å²) in [5, 5.41) is 0. The van der Waals surface area contributed by atoms with Crippen LogP contribution in [0.2, 0.25) is 0 Å². The fraction of sp³-hybridized carbons (Fsp3) is 0.455. The quantitative estimate of drug-likeness (QED) is 0.582. The highest BCUT2D eigenvalue weighted by atomic mass is 14.0. The van der Waals surface area contributed by atoms with E-state index in [2.05, 4.69) is 88.4 Å². The first-order valence-electron chi connectivity index (χ1n) is 8.65. The molecule has 2 aromatic carbocycles. The van der Waals surface area contributed by atoms with Crippen molar-refractivity contribution in [3.8, 4) is 0 Å². The van der Waals surface area contributed by atoms with Gasteiger partial charge in [0.2, 0.25) is 0 Å². The molecule has 0 unspecified atom stereocenters. The van der Waals surface area contributed by atoms with Gasteiger partial charge < -0.3 is 0 Å². The van der Waals surface area contributed by atoms with Gasteiger partial charge in [0.25, 0.3) is 0 Å². The predicted molar refractivity (Wildman–Crippen MR) is 101 cm³/mol. The molecule has 0 spiro atoms. The third-order valence-corrected chi connectivity index (χ3v) is 2.97. The summed E-state index contributed by atoms with van der Waals surface area (Å²) in [4.78, 5) is 0. The summed E-state index contributed by atoms with van der Waals surface area (Å²) < 4.78 is 0. The second-order valence-corrected chi connectivity index (χ2v) is 6.17. The molecule has 0 bridgehead atoms. The zero-order chi connectivity index (χ0) is 16.8. The van der Waals surface area contributed by atoms with Gasteiger partial charge in [0.05, 0.1) is 0 Å². The summed E-state index contributed by atoms with van der Waals surface area (Å²) in [5.74, 6) is 1.53. The van der Waals surface area contributed by atoms with Crippen LogP contribution in [-0.4, -0.2) is 0 Å². The van der Waals surface area contributed by atoms with Crippen molar-refractivity contribution in [2.45, 2.75) is 54.4 Å². The molecule has 0 amide bonds. The molecule has 0 atom stereocenters. The molecule has 0 aliphatic carbocycles. The van der Waals surface area contributed by atoms with Gasteiger partial charge in [0.1, 0.15) is 0 Å². The van der Waals surface area contributed by atoms with Crippen LogP contribution in [-0.2, 0) is 12.8 Å². The molecule has 0 heterocycles. The molecule has 0 saturated heterocycles. The van der Waals surface area contributed by atoms with Crippen molar-refractivity contribution in [2.75, 3.05) is 0 Å². The highest BCUT2D eigenvalue weighted by molar-refractivity contribution is 5.15. The van der Waals surface area contributed by atoms with Crippen LogP contribution >= 0.6 is 0 Å². The summed E-state index contributed by atoms with van der Waals surface area (Å²) in [6, 6.07) is 21.2. The van der Waals surface area contributed by atoms with Gasteiger partial charge in [-0.25, -0.2) is 0 Å². The molecular weight excluding hydrogens is 264 g/mol. The Kier molecular flexibility index (Phi) is 12.2. The Morgan fingerprint density at radius 3 is 1.05 bits per heavy atom. The monoisotopic (exact) mass is 298 g/mol. The predicted octanol–water partition coefficient (Wildman–Crippen LogP) is 6.80. The first kappa shape index (κ1) is 20.4. The number of hydrogen-bond acceptors (Lipinski definition) is 0. The molecule has 0 saturated carbocycles. The lowest BCUT2D eigenvalue weighted by molar-refractivity contribution is 0.647. The van der Waals surface area contributed by atoms with Crippen molar-refractivity contribution < 1.29 is 0 Å². The van der Waals surface area contributed by atoms with E-state index >= 15 is 0 Å². The molecule has 0 aliphatic heterocycles. The van der Waals surface area contributed by atoms with Crippen LogP contribution in [0.15, 0.2) is 60.7 Å². The minimum Gasteiger partial charge on any atom is -0.0683 e. The SMILES string of the molecule is CC.CC(C)Cc1ccccc1.CC(C)Cc1ccccc1. The number of hydrogen-bond donors (Lipinski definition) is 0. The number of rotatable bonds is 4. The number of benzene rings is 2. The Bertz CT molecular complexity index is 394. The van der Waals surface area contributed by atoms with Gasteiger partial charge in [-0.2, -0.15) is 0 Å². The first-order valence-corrected chi connectivity index (χ1v) is 8.65. The molecule has 0 fully saturated rings. The molecule has 0 nitrogen and oxygen atoms in total. The third kappa shape index (κ3) is 11.1. The highest BCUT2D eigenvalue weighted by Crippen LogP contribution is 2.06. The average Bonchev–Trinajstić information content (AvgIpc) is 2.51. The van der Waals surface area contributed by atoms with E-state index in [1.165, 1.54) is 24.0 Å². The summed E-state index contributed by atoms with van der Waals surface area (Å²) in [7, 11) is 0. The Labute approximate surface area is 138 Å². The van der Waals surface area contributed by atoms with E-state index in [0.29, 0.717) is 0 Å². The largest absolute Gasteiger partial charge is 0.0683 e. The summed E-state index contributed by atoms with van der Waals surface area (Å²) in [6.07, 6.45) is 2.39. The van der Waals surface area contributed by atoms with Crippen molar-refractivity contribution in [2.24, 2.45) is 11.8 Å². The summed E-state index contributed by atoms with van der Waals surface area (Å²) in [6.45, 7) is 13.0. The molecule has 2 rings (SSSR count). The Balaban J connectivity index is 0.000000360. The van der Waals surface area contributed by atoms with E-state index in [-0.39, 0.29) is 0 Å². The maximum atomic E-state index is 2.24. The lowest BCUT2D eigenvalue weighted by Crippen LogP contribution is -1.92. The molecule has 0 heteroatoms. The van der Waals surface area contributed by atoms with Crippen molar-refractivity contribution in [1.82, 2.24) is 0 Å². The van der Waals surface area contributed by atoms with Gasteiger partial charge >= 0.3 is 0 Å². The standard InChI is InChI=1S/2C10H14.C2H6/c2*1-9(2)8-10-6-4-3-5-7-10;1-2/h2*3-7,9H,8H2,1-2H3;1-2H3. The van der Waals surface area contributed by atoms with Crippen molar-refractivity contribution >= 4 is 0 Å². The lowest BCUT2D eigenvalue weighted by atomic mass is 10.0. The van der Waals surface area contributed by atoms with Crippen LogP contribution in [0.25, 0.3) is 0 Å². The van der Waals surface area contributed by atoms with Gasteiger partial charge in [0.15, 0.2) is 0 Å². The Morgan fingerprint density at radius 1 is 0.545 bits per heavy atom. The normalized spacial score (nSPS) is 9.64. The molecule has 0 N–H and O–H groups in total. The first-order chi connectivity index (χ1) is 10.6. The topological polar surface area (TPSA) is 0 Å². The molecule has 0 aliphatic rings. The van der Waals surface area contributed by atoms with E-state index < -0.39 is 0 Å². The van der Waals surface area contributed by atoms with E-state index in [1.807, 2.05) is 13.8 Å². The van der Waals surface area contributed by atoms with Crippen LogP contribution in [0.4, 0.5) is 0 Å². The zero-order valence-electron chi connectivity index (χ0n) is 15.3. The molecule has 122 valence electrons. The van der Waals surface area contributed by atoms with E-state index in [4.69, 9.17) is 0 Å². The fourth-order valence-electron chi connectivity index (χ4n) is 2.17. The second-order valence-electron chi connectivity index (χ2n) is 6.17. The zero-order valence-corrected chi connectivity index (χ0v) is 15.3. The van der Waals surface area contributed by atoms with E-state index in [0.717, 1.165) is 11.8 Å². The summed E-state index contributed by atoms with van der Waals surface area (Å²) in [5.41, 5.74) is 2.88. The molecule has 0 aromatic heterocycles.